The van der Waals surface area contributed by atoms with Crippen LogP contribution in [-0.4, -0.2) is 11.8 Å². The Morgan fingerprint density at radius 1 is 0.692 bits per heavy atom. The van der Waals surface area contributed by atoms with Gasteiger partial charge in [0.05, 0.1) is 10.7 Å². The molecule has 0 aromatic heterocycles. The molecule has 3 aromatic rings. The number of rotatable bonds is 3. The van der Waals surface area contributed by atoms with E-state index in [0.717, 1.165) is 11.1 Å². The molecule has 0 saturated carbocycles. The lowest BCUT2D eigenvalue weighted by Crippen LogP contribution is -2.29. The van der Waals surface area contributed by atoms with Gasteiger partial charge >= 0.3 is 11.8 Å². The molecule has 0 unspecified atom stereocenters. The number of benzene rings is 3. The number of hydrogen-bond acceptors (Lipinski definition) is 3. The van der Waals surface area contributed by atoms with Crippen LogP contribution in [0.3, 0.4) is 0 Å². The Bertz CT molecular complexity index is 973. The van der Waals surface area contributed by atoms with Gasteiger partial charge in [0.25, 0.3) is 0 Å². The van der Waals surface area contributed by atoms with E-state index < -0.39 is 11.8 Å². The summed E-state index contributed by atoms with van der Waals surface area (Å²) in [5.41, 5.74) is 8.96. The maximum atomic E-state index is 12.3. The molecule has 3 rings (SSSR count). The Morgan fingerprint density at radius 2 is 1.19 bits per heavy atom. The molecular formula is C20H16ClN3O2. The molecule has 4 N–H and O–H groups in total. The van der Waals surface area contributed by atoms with Crippen molar-refractivity contribution in [2.24, 2.45) is 0 Å². The smallest absolute Gasteiger partial charge is 0.314 e. The highest BCUT2D eigenvalue weighted by Crippen LogP contribution is 2.31. The molecule has 2 amide bonds. The van der Waals surface area contributed by atoms with E-state index in [1.165, 1.54) is 0 Å². The number of nitrogens with one attached hydrogen (secondary N) is 2. The second-order valence-corrected chi connectivity index (χ2v) is 5.93. The Kier molecular flexibility index (Phi) is 5.20. The van der Waals surface area contributed by atoms with Crippen LogP contribution in [-0.2, 0) is 9.59 Å². The molecule has 0 heterocycles. The first kappa shape index (κ1) is 17.5. The SMILES string of the molecule is Nc1ccccc1-c1ccccc1NC(=O)C(=O)Nc1ccccc1Cl. The molecule has 0 aliphatic carbocycles. The third kappa shape index (κ3) is 3.84. The Hall–Kier alpha value is -3.31. The van der Waals surface area contributed by atoms with Gasteiger partial charge in [0.1, 0.15) is 0 Å². The third-order valence-electron chi connectivity index (χ3n) is 3.75. The third-order valence-corrected chi connectivity index (χ3v) is 4.08. The molecule has 0 atom stereocenters. The van der Waals surface area contributed by atoms with Crippen molar-refractivity contribution in [3.05, 3.63) is 77.8 Å². The van der Waals surface area contributed by atoms with Gasteiger partial charge in [-0.1, -0.05) is 60.1 Å². The van der Waals surface area contributed by atoms with Crippen molar-refractivity contribution in [1.29, 1.82) is 0 Å². The largest absolute Gasteiger partial charge is 0.398 e. The highest BCUT2D eigenvalue weighted by Gasteiger charge is 2.17. The summed E-state index contributed by atoms with van der Waals surface area (Å²) in [5, 5.41) is 5.47. The first-order chi connectivity index (χ1) is 12.6. The zero-order valence-corrected chi connectivity index (χ0v) is 14.5. The molecule has 26 heavy (non-hydrogen) atoms. The second kappa shape index (κ2) is 7.72. The van der Waals surface area contributed by atoms with Crippen molar-refractivity contribution in [3.8, 4) is 11.1 Å². The summed E-state index contributed by atoms with van der Waals surface area (Å²) in [6.45, 7) is 0. The lowest BCUT2D eigenvalue weighted by molar-refractivity contribution is -0.132. The molecule has 130 valence electrons. The van der Waals surface area contributed by atoms with Crippen LogP contribution in [0.1, 0.15) is 0 Å². The summed E-state index contributed by atoms with van der Waals surface area (Å²) in [4.78, 5) is 24.5. The first-order valence-corrected chi connectivity index (χ1v) is 8.25. The molecule has 0 spiro atoms. The van der Waals surface area contributed by atoms with Gasteiger partial charge in [0, 0.05) is 22.5 Å². The Morgan fingerprint density at radius 3 is 1.85 bits per heavy atom. The number of nitrogen functional groups attached to an aromatic ring is 1. The molecule has 0 aliphatic rings. The molecule has 0 aliphatic heterocycles. The predicted octanol–water partition coefficient (Wildman–Crippen LogP) is 4.17. The van der Waals surface area contributed by atoms with E-state index >= 15 is 0 Å². The average molecular weight is 366 g/mol. The van der Waals surface area contributed by atoms with Crippen LogP contribution in [0.2, 0.25) is 5.02 Å². The fourth-order valence-corrected chi connectivity index (χ4v) is 2.67. The van der Waals surface area contributed by atoms with E-state index in [1.54, 1.807) is 42.5 Å². The summed E-state index contributed by atoms with van der Waals surface area (Å²) in [5.74, 6) is -1.61. The number of para-hydroxylation sites is 3. The lowest BCUT2D eigenvalue weighted by atomic mass is 10.0. The van der Waals surface area contributed by atoms with Gasteiger partial charge in [-0.3, -0.25) is 9.59 Å². The van der Waals surface area contributed by atoms with E-state index in [9.17, 15) is 9.59 Å². The van der Waals surface area contributed by atoms with Crippen molar-refractivity contribution < 1.29 is 9.59 Å². The number of halogens is 1. The minimum Gasteiger partial charge on any atom is -0.398 e. The fourth-order valence-electron chi connectivity index (χ4n) is 2.49. The standard InChI is InChI=1S/C20H16ClN3O2/c21-15-9-3-6-12-18(15)24-20(26)19(25)23-17-11-5-2-8-14(17)13-7-1-4-10-16(13)22/h1-12H,22H2,(H,23,25)(H,24,26). The van der Waals surface area contributed by atoms with Gasteiger partial charge in [-0.15, -0.1) is 0 Å². The minimum atomic E-state index is -0.811. The normalized spacial score (nSPS) is 10.2. The topological polar surface area (TPSA) is 84.2 Å². The average Bonchev–Trinajstić information content (AvgIpc) is 2.64. The summed E-state index contributed by atoms with van der Waals surface area (Å²) in [6.07, 6.45) is 0. The van der Waals surface area contributed by atoms with E-state index in [2.05, 4.69) is 10.6 Å². The summed E-state index contributed by atoms with van der Waals surface area (Å²) >= 11 is 6.00. The summed E-state index contributed by atoms with van der Waals surface area (Å²) in [7, 11) is 0. The zero-order valence-electron chi connectivity index (χ0n) is 13.7. The quantitative estimate of drug-likeness (QED) is 0.481. The van der Waals surface area contributed by atoms with Crippen molar-refractivity contribution in [1.82, 2.24) is 0 Å². The fraction of sp³-hybridized carbons (Fsp3) is 0. The number of nitrogens with two attached hydrogens (primary N) is 1. The second-order valence-electron chi connectivity index (χ2n) is 5.52. The van der Waals surface area contributed by atoms with Gasteiger partial charge in [-0.05, 0) is 24.3 Å². The highest BCUT2D eigenvalue weighted by molar-refractivity contribution is 6.45. The molecule has 3 aromatic carbocycles. The van der Waals surface area contributed by atoms with Crippen LogP contribution < -0.4 is 16.4 Å². The number of carbonyl (C=O) groups is 2. The van der Waals surface area contributed by atoms with E-state index in [0.29, 0.717) is 22.1 Å². The van der Waals surface area contributed by atoms with Crippen LogP contribution in [0.25, 0.3) is 11.1 Å². The Labute approximate surface area is 155 Å². The van der Waals surface area contributed by atoms with Crippen molar-refractivity contribution in [2.45, 2.75) is 0 Å². The van der Waals surface area contributed by atoms with Gasteiger partial charge in [0.2, 0.25) is 0 Å². The van der Waals surface area contributed by atoms with E-state index in [4.69, 9.17) is 17.3 Å². The van der Waals surface area contributed by atoms with Gasteiger partial charge in [0.15, 0.2) is 0 Å². The lowest BCUT2D eigenvalue weighted by Gasteiger charge is -2.13. The van der Waals surface area contributed by atoms with Crippen LogP contribution in [0.4, 0.5) is 17.1 Å². The van der Waals surface area contributed by atoms with Crippen LogP contribution in [0.15, 0.2) is 72.8 Å². The minimum absolute atomic E-state index is 0.353. The molecule has 5 nitrogen and oxygen atoms in total. The van der Waals surface area contributed by atoms with Gasteiger partial charge in [-0.2, -0.15) is 0 Å². The van der Waals surface area contributed by atoms with Crippen molar-refractivity contribution in [2.75, 3.05) is 16.4 Å². The van der Waals surface area contributed by atoms with Crippen LogP contribution >= 0.6 is 11.6 Å². The number of hydrogen-bond donors (Lipinski definition) is 3. The molecule has 0 radical (unpaired) electrons. The Balaban J connectivity index is 1.81. The number of anilines is 3. The summed E-state index contributed by atoms with van der Waals surface area (Å²) < 4.78 is 0. The molecule has 6 heteroatoms. The molecule has 0 saturated heterocycles. The van der Waals surface area contributed by atoms with Crippen LogP contribution in [0, 0.1) is 0 Å². The number of amides is 2. The van der Waals surface area contributed by atoms with Crippen LogP contribution in [0.5, 0.6) is 0 Å². The van der Waals surface area contributed by atoms with Gasteiger partial charge < -0.3 is 16.4 Å². The number of carbonyl (C=O) groups excluding carboxylic acids is 2. The predicted molar refractivity (Wildman–Crippen MR) is 105 cm³/mol. The first-order valence-electron chi connectivity index (χ1n) is 7.87. The van der Waals surface area contributed by atoms with E-state index in [1.807, 2.05) is 30.3 Å². The molecule has 0 bridgehead atoms. The molecule has 0 fully saturated rings. The maximum absolute atomic E-state index is 12.3. The zero-order chi connectivity index (χ0) is 18.5. The molecular weight excluding hydrogens is 350 g/mol. The monoisotopic (exact) mass is 365 g/mol. The highest BCUT2D eigenvalue weighted by atomic mass is 35.5. The van der Waals surface area contributed by atoms with Crippen molar-refractivity contribution in [3.63, 3.8) is 0 Å². The van der Waals surface area contributed by atoms with E-state index in [-0.39, 0.29) is 0 Å². The van der Waals surface area contributed by atoms with Crippen molar-refractivity contribution >= 4 is 40.5 Å². The summed E-state index contributed by atoms with van der Waals surface area (Å²) in [6, 6.07) is 21.1. The van der Waals surface area contributed by atoms with Gasteiger partial charge in [-0.25, -0.2) is 0 Å². The maximum Gasteiger partial charge on any atom is 0.314 e.